The van der Waals surface area contributed by atoms with Gasteiger partial charge in [-0.1, -0.05) is 0 Å². The van der Waals surface area contributed by atoms with E-state index in [0.717, 1.165) is 5.69 Å². The first-order chi connectivity index (χ1) is 5.58. The van der Waals surface area contributed by atoms with E-state index >= 15 is 0 Å². The number of rotatable bonds is 0. The fraction of sp³-hybridized carbons (Fsp3) is 0.300. The van der Waals surface area contributed by atoms with E-state index in [9.17, 15) is 0 Å². The van der Waals surface area contributed by atoms with Crippen molar-refractivity contribution in [2.45, 2.75) is 14.8 Å². The Hall–Kier alpha value is -0.491. The van der Waals surface area contributed by atoms with E-state index in [2.05, 4.69) is 29.7 Å². The third-order valence-electron chi connectivity index (χ3n) is 1.23. The van der Waals surface area contributed by atoms with E-state index in [4.69, 9.17) is 0 Å². The number of nitrogens with zero attached hydrogens (tertiary/aromatic N) is 1. The van der Waals surface area contributed by atoms with E-state index < -0.39 is 18.4 Å². The normalized spacial score (nSPS) is 10.2. The summed E-state index contributed by atoms with van der Waals surface area (Å²) >= 11 is -1.90. The molecule has 0 aliphatic rings. The Kier molecular flexibility index (Phi) is 3.16. The second-order valence-corrected chi connectivity index (χ2v) is 17.3. The van der Waals surface area contributed by atoms with Gasteiger partial charge in [0.25, 0.3) is 0 Å². The van der Waals surface area contributed by atoms with Crippen molar-refractivity contribution in [2.24, 2.45) is 0 Å². The van der Waals surface area contributed by atoms with Gasteiger partial charge in [-0.15, -0.1) is 0 Å². The summed E-state index contributed by atoms with van der Waals surface area (Å²) in [5.41, 5.74) is 0.893. The maximum absolute atomic E-state index is 4.14. The maximum atomic E-state index is 4.14. The van der Waals surface area contributed by atoms with Crippen LogP contribution in [0, 0.1) is 9.86 Å². The second kappa shape index (κ2) is 3.95. The Morgan fingerprint density at radius 3 is 2.50 bits per heavy atom. The zero-order chi connectivity index (χ0) is 9.03. The van der Waals surface area contributed by atoms with E-state index in [1.54, 1.807) is 6.20 Å². The first kappa shape index (κ1) is 9.60. The number of pyridine rings is 1. The van der Waals surface area contributed by atoms with E-state index in [1.807, 2.05) is 18.2 Å². The van der Waals surface area contributed by atoms with Crippen LogP contribution in [0.2, 0.25) is 14.8 Å². The molecule has 0 unspecified atom stereocenters. The summed E-state index contributed by atoms with van der Waals surface area (Å²) in [6.07, 6.45) is 1.78. The van der Waals surface area contributed by atoms with Gasteiger partial charge < -0.3 is 0 Å². The summed E-state index contributed by atoms with van der Waals surface area (Å²) in [6, 6.07) is 5.82. The molecule has 0 bridgehead atoms. The van der Waals surface area contributed by atoms with Gasteiger partial charge in [-0.3, -0.25) is 0 Å². The van der Waals surface area contributed by atoms with Gasteiger partial charge in [-0.25, -0.2) is 0 Å². The second-order valence-electron chi connectivity index (χ2n) is 3.71. The van der Waals surface area contributed by atoms with Crippen molar-refractivity contribution in [1.82, 2.24) is 4.98 Å². The molecule has 0 amide bonds. The molecule has 0 spiro atoms. The Balaban J connectivity index is 2.81. The van der Waals surface area contributed by atoms with Crippen molar-refractivity contribution in [3.05, 3.63) is 30.1 Å². The fourth-order valence-electron chi connectivity index (χ4n) is 0.688. The molecule has 0 radical (unpaired) electrons. The summed E-state index contributed by atoms with van der Waals surface area (Å²) in [7, 11) is 0. The average molecular weight is 266 g/mol. The Bertz CT molecular complexity index is 300. The molecule has 0 aromatic carbocycles. The molecule has 1 aromatic heterocycles. The summed E-state index contributed by atoms with van der Waals surface area (Å²) in [4.78, 5) is 11.0. The van der Waals surface area contributed by atoms with Crippen LogP contribution < -0.4 is 0 Å². The Labute approximate surface area is 78.1 Å². The van der Waals surface area contributed by atoms with Crippen LogP contribution >= 0.6 is 0 Å². The molecular weight excluding hydrogens is 253 g/mol. The van der Waals surface area contributed by atoms with Gasteiger partial charge in [0.15, 0.2) is 0 Å². The van der Waals surface area contributed by atoms with Crippen LogP contribution in [-0.2, 0) is 0 Å². The average Bonchev–Trinajstić information content (AvgIpc) is 2.02. The molecule has 1 nitrogen and oxygen atoms in total. The number of aromatic nitrogens is 1. The van der Waals surface area contributed by atoms with Gasteiger partial charge in [0.05, 0.1) is 0 Å². The van der Waals surface area contributed by atoms with Crippen molar-refractivity contribution in [2.75, 3.05) is 0 Å². The molecule has 1 rings (SSSR count). The molecule has 0 N–H and O–H groups in total. The van der Waals surface area contributed by atoms with Crippen LogP contribution in [0.1, 0.15) is 5.69 Å². The van der Waals surface area contributed by atoms with Gasteiger partial charge in [-0.05, 0) is 0 Å². The van der Waals surface area contributed by atoms with Gasteiger partial charge in [0, 0.05) is 0 Å². The molecule has 0 saturated carbocycles. The minimum absolute atomic E-state index is 0.893. The van der Waals surface area contributed by atoms with E-state index in [1.165, 1.54) is 0 Å². The third kappa shape index (κ3) is 3.77. The van der Waals surface area contributed by atoms with Crippen LogP contribution in [0.15, 0.2) is 24.4 Å². The molecular formula is C10H13NSn. The van der Waals surface area contributed by atoms with Crippen molar-refractivity contribution < 1.29 is 0 Å². The van der Waals surface area contributed by atoms with Gasteiger partial charge in [0.2, 0.25) is 0 Å². The predicted molar refractivity (Wildman–Crippen MR) is 54.5 cm³/mol. The standard InChI is InChI=1S/C7H4N.3CH3.Sn/c1-2-7-5-3-4-6-8-7;;;;/h3-6H;3*1H3;. The van der Waals surface area contributed by atoms with Crippen molar-refractivity contribution >= 4 is 18.4 Å². The molecule has 0 atom stereocenters. The van der Waals surface area contributed by atoms with Crippen molar-refractivity contribution in [3.63, 3.8) is 0 Å². The zero-order valence-corrected chi connectivity index (χ0v) is 10.6. The van der Waals surface area contributed by atoms with E-state index in [0.29, 0.717) is 0 Å². The van der Waals surface area contributed by atoms with Crippen molar-refractivity contribution in [1.29, 1.82) is 0 Å². The molecule has 12 heavy (non-hydrogen) atoms. The summed E-state index contributed by atoms with van der Waals surface area (Å²) in [5, 5.41) is 0. The van der Waals surface area contributed by atoms with Crippen molar-refractivity contribution in [3.8, 4) is 9.86 Å². The van der Waals surface area contributed by atoms with Crippen LogP contribution in [0.3, 0.4) is 0 Å². The van der Waals surface area contributed by atoms with Crippen LogP contribution in [0.5, 0.6) is 0 Å². The van der Waals surface area contributed by atoms with Gasteiger partial charge in [-0.2, -0.15) is 0 Å². The van der Waals surface area contributed by atoms with Crippen LogP contribution in [0.4, 0.5) is 0 Å². The third-order valence-corrected chi connectivity index (χ3v) is 3.73. The SMILES string of the molecule is [CH3][Sn]([CH3])([CH3])[C]#Cc1ccccn1. The van der Waals surface area contributed by atoms with Gasteiger partial charge >= 0.3 is 78.1 Å². The Morgan fingerprint density at radius 2 is 2.00 bits per heavy atom. The first-order valence-corrected chi connectivity index (χ1v) is 14.0. The molecule has 0 aliphatic carbocycles. The summed E-state index contributed by atoms with van der Waals surface area (Å²) in [6.45, 7) is 0. The molecule has 0 aliphatic heterocycles. The molecule has 2 heteroatoms. The fourth-order valence-corrected chi connectivity index (χ4v) is 2.12. The summed E-state index contributed by atoms with van der Waals surface area (Å²) < 4.78 is 3.34. The van der Waals surface area contributed by atoms with Crippen LogP contribution in [-0.4, -0.2) is 23.4 Å². The summed E-state index contributed by atoms with van der Waals surface area (Å²) in [5.74, 6) is 3.12. The molecule has 0 fully saturated rings. The predicted octanol–water partition coefficient (Wildman–Crippen LogP) is 2.31. The number of hydrogen-bond acceptors (Lipinski definition) is 1. The zero-order valence-electron chi connectivity index (χ0n) is 7.76. The Morgan fingerprint density at radius 1 is 1.25 bits per heavy atom. The van der Waals surface area contributed by atoms with Gasteiger partial charge in [0.1, 0.15) is 0 Å². The molecule has 0 saturated heterocycles. The topological polar surface area (TPSA) is 12.9 Å². The first-order valence-electron chi connectivity index (χ1n) is 4.02. The molecule has 1 heterocycles. The molecule has 62 valence electrons. The van der Waals surface area contributed by atoms with E-state index in [-0.39, 0.29) is 0 Å². The quantitative estimate of drug-likeness (QED) is 0.518. The number of hydrogen-bond donors (Lipinski definition) is 0. The molecule has 1 aromatic rings. The minimum atomic E-state index is -1.90. The monoisotopic (exact) mass is 267 g/mol. The van der Waals surface area contributed by atoms with Crippen LogP contribution in [0.25, 0.3) is 0 Å².